The Hall–Kier alpha value is -3.70. The van der Waals surface area contributed by atoms with Gasteiger partial charge in [0.2, 0.25) is 5.95 Å². The van der Waals surface area contributed by atoms with Crippen LogP contribution in [-0.4, -0.2) is 65.2 Å². The van der Waals surface area contributed by atoms with E-state index in [4.69, 9.17) is 21.1 Å². The van der Waals surface area contributed by atoms with E-state index in [-0.39, 0.29) is 42.9 Å². The van der Waals surface area contributed by atoms with Crippen molar-refractivity contribution in [1.29, 1.82) is 0 Å². The fourth-order valence-corrected chi connectivity index (χ4v) is 3.27. The summed E-state index contributed by atoms with van der Waals surface area (Å²) in [5.74, 6) is -0.806. The predicted molar refractivity (Wildman–Crippen MR) is 139 cm³/mol. The third kappa shape index (κ3) is 8.72. The summed E-state index contributed by atoms with van der Waals surface area (Å²) in [6.45, 7) is 4.43. The van der Waals surface area contributed by atoms with E-state index in [1.807, 2.05) is 19.0 Å². The highest BCUT2D eigenvalue weighted by Gasteiger charge is 2.15. The van der Waals surface area contributed by atoms with E-state index < -0.39 is 11.5 Å². The van der Waals surface area contributed by atoms with Gasteiger partial charge in [0.1, 0.15) is 0 Å². The molecule has 0 unspecified atom stereocenters. The minimum Gasteiger partial charge on any atom is -0.488 e. The number of rotatable bonds is 12. The van der Waals surface area contributed by atoms with E-state index >= 15 is 0 Å². The van der Waals surface area contributed by atoms with Crippen molar-refractivity contribution >= 4 is 29.1 Å². The van der Waals surface area contributed by atoms with Crippen LogP contribution in [0.1, 0.15) is 19.4 Å². The van der Waals surface area contributed by atoms with E-state index in [9.17, 15) is 14.0 Å². The number of nitrogens with one attached hydrogen (secondary N) is 2. The number of nitrogens with zero attached hydrogens (tertiary/aromatic N) is 4. The number of carbonyl (C=O) groups excluding carboxylic acids is 1. The fraction of sp³-hybridized carbons (Fsp3) is 0.360. The Kier molecular flexibility index (Phi) is 9.81. The Morgan fingerprint density at radius 1 is 1.16 bits per heavy atom. The lowest BCUT2D eigenvalue weighted by Crippen LogP contribution is -2.35. The highest BCUT2D eigenvalue weighted by molar-refractivity contribution is 6.30. The summed E-state index contributed by atoms with van der Waals surface area (Å²) in [4.78, 5) is 35.0. The molecule has 2 N–H and O–H groups in total. The van der Waals surface area contributed by atoms with Crippen LogP contribution in [0.5, 0.6) is 11.8 Å². The number of aromatic nitrogens is 3. The van der Waals surface area contributed by atoms with Crippen LogP contribution < -0.4 is 25.8 Å². The zero-order valence-electron chi connectivity index (χ0n) is 21.1. The third-order valence-electron chi connectivity index (χ3n) is 4.90. The molecule has 0 aliphatic carbocycles. The summed E-state index contributed by atoms with van der Waals surface area (Å²) in [6, 6.07) is 10.9. The molecule has 0 radical (unpaired) electrons. The predicted octanol–water partition coefficient (Wildman–Crippen LogP) is 3.07. The molecule has 12 heteroatoms. The molecule has 0 bridgehead atoms. The summed E-state index contributed by atoms with van der Waals surface area (Å²) < 4.78 is 26.7. The second-order valence-electron chi connectivity index (χ2n) is 8.70. The number of benzene rings is 2. The van der Waals surface area contributed by atoms with Crippen LogP contribution in [0, 0.1) is 5.82 Å². The van der Waals surface area contributed by atoms with E-state index in [0.29, 0.717) is 23.8 Å². The maximum Gasteiger partial charge on any atom is 0.355 e. The average Bonchev–Trinajstić information content (AvgIpc) is 2.82. The maximum absolute atomic E-state index is 14.6. The molecule has 37 heavy (non-hydrogen) atoms. The van der Waals surface area contributed by atoms with Gasteiger partial charge in [0.15, 0.2) is 18.2 Å². The van der Waals surface area contributed by atoms with Gasteiger partial charge < -0.3 is 25.0 Å². The summed E-state index contributed by atoms with van der Waals surface area (Å²) in [5.41, 5.74) is 0.415. The lowest BCUT2D eigenvalue weighted by molar-refractivity contribution is -0.123. The van der Waals surface area contributed by atoms with Gasteiger partial charge in [-0.25, -0.2) is 9.18 Å². The van der Waals surface area contributed by atoms with Gasteiger partial charge in [0.25, 0.3) is 5.91 Å². The van der Waals surface area contributed by atoms with Crippen LogP contribution in [0.2, 0.25) is 5.02 Å². The smallest absolute Gasteiger partial charge is 0.355 e. The van der Waals surface area contributed by atoms with Crippen LogP contribution in [0.15, 0.2) is 47.3 Å². The van der Waals surface area contributed by atoms with Crippen LogP contribution in [-0.2, 0) is 11.3 Å². The van der Waals surface area contributed by atoms with Crippen molar-refractivity contribution in [3.63, 3.8) is 0 Å². The topological polar surface area (TPSA) is 111 Å². The number of carbonyl (C=O) groups is 1. The maximum atomic E-state index is 14.6. The summed E-state index contributed by atoms with van der Waals surface area (Å²) >= 11 is 5.97. The van der Waals surface area contributed by atoms with Crippen molar-refractivity contribution in [2.75, 3.05) is 39.1 Å². The van der Waals surface area contributed by atoms with E-state index in [2.05, 4.69) is 20.6 Å². The highest BCUT2D eigenvalue weighted by atomic mass is 35.5. The number of anilines is 2. The Bertz CT molecular complexity index is 1270. The van der Waals surface area contributed by atoms with Crippen molar-refractivity contribution in [1.82, 2.24) is 24.8 Å². The number of hydrogen-bond acceptors (Lipinski definition) is 8. The standard InChI is InChI=1S/C25H30ClFN6O4/c1-16(2)37-21-10-9-19(13-20(21)27)29-23-30-24(36-15-22(34)28-11-12-32(3)4)31-25(35)33(23)14-17-5-7-18(26)8-6-17/h5-10,13,16H,11-12,14-15H2,1-4H3,(H,28,34)(H,29,30,31,35). The lowest BCUT2D eigenvalue weighted by Gasteiger charge is -2.16. The quantitative estimate of drug-likeness (QED) is 0.366. The number of amides is 1. The van der Waals surface area contributed by atoms with Gasteiger partial charge in [-0.15, -0.1) is 4.98 Å². The van der Waals surface area contributed by atoms with Crippen molar-refractivity contribution in [2.45, 2.75) is 26.5 Å². The van der Waals surface area contributed by atoms with E-state index in [1.165, 1.54) is 16.7 Å². The summed E-state index contributed by atoms with van der Waals surface area (Å²) in [7, 11) is 3.78. The van der Waals surface area contributed by atoms with E-state index in [1.54, 1.807) is 44.2 Å². The first-order valence-corrected chi connectivity index (χ1v) is 12.0. The van der Waals surface area contributed by atoms with Gasteiger partial charge in [-0.2, -0.15) is 4.98 Å². The van der Waals surface area contributed by atoms with E-state index in [0.717, 1.165) is 5.56 Å². The number of ether oxygens (including phenoxy) is 2. The molecule has 3 rings (SSSR count). The average molecular weight is 533 g/mol. The number of likely N-dealkylation sites (N-methyl/N-ethyl adjacent to an activating group) is 1. The van der Waals surface area contributed by atoms with Crippen molar-refractivity contribution in [3.05, 3.63) is 69.4 Å². The monoisotopic (exact) mass is 532 g/mol. The molecule has 2 aromatic carbocycles. The zero-order valence-corrected chi connectivity index (χ0v) is 21.9. The minimum absolute atomic E-state index is 0.0508. The molecule has 10 nitrogen and oxygen atoms in total. The van der Waals surface area contributed by atoms with Crippen molar-refractivity contribution in [3.8, 4) is 11.8 Å². The molecule has 0 atom stereocenters. The molecule has 0 aliphatic heterocycles. The Morgan fingerprint density at radius 3 is 2.54 bits per heavy atom. The van der Waals surface area contributed by atoms with Crippen LogP contribution >= 0.6 is 11.6 Å². The highest BCUT2D eigenvalue weighted by Crippen LogP contribution is 2.24. The lowest BCUT2D eigenvalue weighted by atomic mass is 10.2. The normalized spacial score (nSPS) is 11.0. The third-order valence-corrected chi connectivity index (χ3v) is 5.15. The SMILES string of the molecule is CC(C)Oc1ccc(Nc2nc(OCC(=O)NCCN(C)C)nc(=O)n2Cc2ccc(Cl)cc2)cc1F. The van der Waals surface area contributed by atoms with Crippen LogP contribution in [0.4, 0.5) is 16.0 Å². The molecule has 1 aromatic heterocycles. The molecule has 0 aliphatic rings. The number of hydrogen-bond donors (Lipinski definition) is 2. The van der Waals surface area contributed by atoms with Crippen molar-refractivity contribution < 1.29 is 18.7 Å². The minimum atomic E-state index is -0.671. The first-order chi connectivity index (χ1) is 17.6. The number of halogens is 2. The molecule has 0 saturated heterocycles. The molecular formula is C25H30ClFN6O4. The molecule has 1 heterocycles. The van der Waals surface area contributed by atoms with Gasteiger partial charge in [0.05, 0.1) is 12.6 Å². The van der Waals surface area contributed by atoms with Crippen LogP contribution in [0.25, 0.3) is 0 Å². The molecule has 3 aromatic rings. The molecule has 0 spiro atoms. The van der Waals surface area contributed by atoms with Crippen LogP contribution in [0.3, 0.4) is 0 Å². The van der Waals surface area contributed by atoms with Gasteiger partial charge >= 0.3 is 11.7 Å². The second kappa shape index (κ2) is 13.0. The second-order valence-corrected chi connectivity index (χ2v) is 9.14. The molecular weight excluding hydrogens is 503 g/mol. The Labute approximate surface area is 219 Å². The largest absolute Gasteiger partial charge is 0.488 e. The van der Waals surface area contributed by atoms with Gasteiger partial charge in [-0.05, 0) is 57.8 Å². The summed E-state index contributed by atoms with van der Waals surface area (Å²) in [6.07, 6.45) is -0.195. The molecule has 1 amide bonds. The molecule has 0 fully saturated rings. The van der Waals surface area contributed by atoms with Crippen molar-refractivity contribution in [2.24, 2.45) is 0 Å². The molecule has 198 valence electrons. The van der Waals surface area contributed by atoms with Gasteiger partial charge in [-0.3, -0.25) is 9.36 Å². The van der Waals surface area contributed by atoms with Gasteiger partial charge in [0, 0.05) is 29.9 Å². The summed E-state index contributed by atoms with van der Waals surface area (Å²) in [5, 5.41) is 6.20. The Morgan fingerprint density at radius 2 is 1.89 bits per heavy atom. The zero-order chi connectivity index (χ0) is 26.9. The first-order valence-electron chi connectivity index (χ1n) is 11.6. The van der Waals surface area contributed by atoms with Gasteiger partial charge in [-0.1, -0.05) is 23.7 Å². The first kappa shape index (κ1) is 27.9. The molecule has 0 saturated carbocycles. The fourth-order valence-electron chi connectivity index (χ4n) is 3.14. The Balaban J connectivity index is 1.85.